The zero-order valence-electron chi connectivity index (χ0n) is 5.56. The van der Waals surface area contributed by atoms with E-state index in [0.29, 0.717) is 0 Å². The number of hydrogen-bond acceptors (Lipinski definition) is 5. The predicted molar refractivity (Wildman–Crippen MR) is 35.5 cm³/mol. The third kappa shape index (κ3) is 1.38. The third-order valence-corrected chi connectivity index (χ3v) is 1.15. The molecule has 0 aromatic carbocycles. The maximum Gasteiger partial charge on any atom is 0.266 e. The van der Waals surface area contributed by atoms with Gasteiger partial charge in [0.05, 0.1) is 6.42 Å². The van der Waals surface area contributed by atoms with Gasteiger partial charge in [-0.2, -0.15) is 5.26 Å². The van der Waals surface area contributed by atoms with Gasteiger partial charge in [0.2, 0.25) is 5.91 Å². The van der Waals surface area contributed by atoms with Crippen molar-refractivity contribution in [1.82, 2.24) is 0 Å². The molecule has 1 atom stereocenters. The van der Waals surface area contributed by atoms with Crippen molar-refractivity contribution in [3.05, 3.63) is 0 Å². The summed E-state index contributed by atoms with van der Waals surface area (Å²) in [6, 6.07) is 1.75. The first-order valence-corrected chi connectivity index (χ1v) is 2.84. The van der Waals surface area contributed by atoms with E-state index in [1.54, 1.807) is 6.07 Å². The average Bonchev–Trinajstić information content (AvgIpc) is 2.36. The SMILES string of the molecule is N#CC1(CC(N)=O)N=CN=N1. The zero-order valence-corrected chi connectivity index (χ0v) is 5.56. The molecule has 0 fully saturated rings. The minimum absolute atomic E-state index is 0.219. The van der Waals surface area contributed by atoms with E-state index in [4.69, 9.17) is 11.0 Å². The Hall–Kier alpha value is -1.77. The van der Waals surface area contributed by atoms with Crippen molar-refractivity contribution in [3.8, 4) is 6.07 Å². The largest absolute Gasteiger partial charge is 0.370 e. The third-order valence-electron chi connectivity index (χ3n) is 1.15. The number of nitrogens with zero attached hydrogens (tertiary/aromatic N) is 4. The van der Waals surface area contributed by atoms with E-state index >= 15 is 0 Å². The van der Waals surface area contributed by atoms with Gasteiger partial charge in [-0.25, -0.2) is 4.99 Å². The highest BCUT2D eigenvalue weighted by molar-refractivity contribution is 5.76. The minimum Gasteiger partial charge on any atom is -0.370 e. The lowest BCUT2D eigenvalue weighted by Crippen LogP contribution is -2.27. The maximum absolute atomic E-state index is 10.4. The molecule has 0 aromatic heterocycles. The monoisotopic (exact) mass is 151 g/mol. The average molecular weight is 151 g/mol. The predicted octanol–water partition coefficient (Wildman–Crippen LogP) is -0.424. The molecule has 56 valence electrons. The molecular weight excluding hydrogens is 146 g/mol. The molecule has 11 heavy (non-hydrogen) atoms. The summed E-state index contributed by atoms with van der Waals surface area (Å²) in [5, 5.41) is 15.4. The number of carbonyl (C=O) groups is 1. The molecule has 0 radical (unpaired) electrons. The highest BCUT2D eigenvalue weighted by atomic mass is 16.1. The van der Waals surface area contributed by atoms with E-state index in [-0.39, 0.29) is 6.42 Å². The molecular formula is C5H5N5O. The number of carbonyl (C=O) groups excluding carboxylic acids is 1. The fraction of sp³-hybridized carbons (Fsp3) is 0.400. The lowest BCUT2D eigenvalue weighted by molar-refractivity contribution is -0.118. The first-order chi connectivity index (χ1) is 5.18. The summed E-state index contributed by atoms with van der Waals surface area (Å²) in [5.74, 6) is -0.621. The van der Waals surface area contributed by atoms with Gasteiger partial charge in [0.15, 0.2) is 0 Å². The van der Waals surface area contributed by atoms with Gasteiger partial charge in [-0.05, 0) is 0 Å². The van der Waals surface area contributed by atoms with Crippen molar-refractivity contribution in [2.24, 2.45) is 21.0 Å². The summed E-state index contributed by atoms with van der Waals surface area (Å²) in [7, 11) is 0. The van der Waals surface area contributed by atoms with Crippen LogP contribution in [0.15, 0.2) is 15.2 Å². The van der Waals surface area contributed by atoms with Crippen LogP contribution in [0.3, 0.4) is 0 Å². The Bertz CT molecular complexity index is 261. The van der Waals surface area contributed by atoms with Crippen molar-refractivity contribution in [2.75, 3.05) is 0 Å². The highest BCUT2D eigenvalue weighted by Gasteiger charge is 2.33. The molecule has 0 aliphatic carbocycles. The second-order valence-electron chi connectivity index (χ2n) is 2.03. The number of azo groups is 1. The van der Waals surface area contributed by atoms with Gasteiger partial charge in [-0.1, -0.05) is 0 Å². The van der Waals surface area contributed by atoms with Crippen LogP contribution in [-0.2, 0) is 4.79 Å². The molecule has 1 unspecified atom stereocenters. The van der Waals surface area contributed by atoms with Crippen LogP contribution in [0.1, 0.15) is 6.42 Å². The Balaban J connectivity index is 2.80. The molecule has 1 rings (SSSR count). The Kier molecular flexibility index (Phi) is 1.64. The smallest absolute Gasteiger partial charge is 0.266 e. The molecule has 1 amide bonds. The van der Waals surface area contributed by atoms with E-state index in [1.165, 1.54) is 0 Å². The summed E-state index contributed by atoms with van der Waals surface area (Å²) in [4.78, 5) is 14.0. The Morgan fingerprint density at radius 2 is 2.55 bits per heavy atom. The molecule has 1 aliphatic heterocycles. The number of amides is 1. The fourth-order valence-electron chi connectivity index (χ4n) is 0.683. The minimum atomic E-state index is -1.38. The van der Waals surface area contributed by atoms with Gasteiger partial charge in [0.1, 0.15) is 12.4 Å². The number of rotatable bonds is 2. The molecule has 0 spiro atoms. The first kappa shape index (κ1) is 7.34. The number of nitriles is 1. The Morgan fingerprint density at radius 3 is 2.91 bits per heavy atom. The normalized spacial score (nSPS) is 26.8. The lowest BCUT2D eigenvalue weighted by atomic mass is 10.1. The van der Waals surface area contributed by atoms with Crippen LogP contribution in [0.4, 0.5) is 0 Å². The van der Waals surface area contributed by atoms with E-state index in [1.807, 2.05) is 0 Å². The highest BCUT2D eigenvalue weighted by Crippen LogP contribution is 2.20. The lowest BCUT2D eigenvalue weighted by Gasteiger charge is -2.07. The van der Waals surface area contributed by atoms with E-state index in [2.05, 4.69) is 15.2 Å². The van der Waals surface area contributed by atoms with Crippen LogP contribution in [0, 0.1) is 11.3 Å². The number of nitrogens with two attached hydrogens (primary N) is 1. The van der Waals surface area contributed by atoms with Gasteiger partial charge >= 0.3 is 0 Å². The van der Waals surface area contributed by atoms with Crippen LogP contribution in [0.2, 0.25) is 0 Å². The second kappa shape index (κ2) is 2.46. The van der Waals surface area contributed by atoms with Crippen LogP contribution < -0.4 is 5.73 Å². The summed E-state index contributed by atoms with van der Waals surface area (Å²) in [5.41, 5.74) is 3.48. The van der Waals surface area contributed by atoms with E-state index < -0.39 is 11.6 Å². The second-order valence-corrected chi connectivity index (χ2v) is 2.03. The fourth-order valence-corrected chi connectivity index (χ4v) is 0.683. The quantitative estimate of drug-likeness (QED) is 0.578. The molecule has 6 nitrogen and oxygen atoms in total. The van der Waals surface area contributed by atoms with E-state index in [0.717, 1.165) is 6.34 Å². The summed E-state index contributed by atoms with van der Waals surface area (Å²) >= 11 is 0. The Morgan fingerprint density at radius 1 is 1.82 bits per heavy atom. The topological polar surface area (TPSA) is 104 Å². The standard InChI is InChI=1S/C5H5N5O/c6-2-5(1-4(7)11)8-3-9-10-5/h3H,1H2,(H2,7,11). The number of primary amides is 1. The molecule has 1 heterocycles. The first-order valence-electron chi connectivity index (χ1n) is 2.84. The molecule has 0 bridgehead atoms. The number of aliphatic imine (C=N–C) groups is 1. The molecule has 0 saturated heterocycles. The van der Waals surface area contributed by atoms with Gasteiger partial charge in [-0.3, -0.25) is 4.79 Å². The van der Waals surface area contributed by atoms with Gasteiger partial charge in [0, 0.05) is 0 Å². The summed E-state index contributed by atoms with van der Waals surface area (Å²) < 4.78 is 0. The molecule has 1 aliphatic rings. The molecule has 2 N–H and O–H groups in total. The molecule has 6 heteroatoms. The zero-order chi connectivity index (χ0) is 8.32. The van der Waals surface area contributed by atoms with Gasteiger partial charge in [0.25, 0.3) is 5.66 Å². The summed E-state index contributed by atoms with van der Waals surface area (Å²) in [6.07, 6.45) is 0.912. The van der Waals surface area contributed by atoms with Crippen LogP contribution in [-0.4, -0.2) is 17.9 Å². The summed E-state index contributed by atoms with van der Waals surface area (Å²) in [6.45, 7) is 0. The van der Waals surface area contributed by atoms with Crippen molar-refractivity contribution in [3.63, 3.8) is 0 Å². The van der Waals surface area contributed by atoms with Crippen molar-refractivity contribution in [2.45, 2.75) is 12.1 Å². The van der Waals surface area contributed by atoms with Crippen molar-refractivity contribution in [1.29, 1.82) is 5.26 Å². The Labute approximate surface area is 62.4 Å². The van der Waals surface area contributed by atoms with Crippen LogP contribution in [0.5, 0.6) is 0 Å². The number of hydrogen-bond donors (Lipinski definition) is 1. The molecule has 0 saturated carbocycles. The van der Waals surface area contributed by atoms with Gasteiger partial charge < -0.3 is 5.73 Å². The van der Waals surface area contributed by atoms with Crippen LogP contribution in [0.25, 0.3) is 0 Å². The molecule has 0 aromatic rings. The van der Waals surface area contributed by atoms with Crippen molar-refractivity contribution >= 4 is 12.2 Å². The van der Waals surface area contributed by atoms with Crippen LogP contribution >= 0.6 is 0 Å². The van der Waals surface area contributed by atoms with Gasteiger partial charge in [-0.15, -0.1) is 10.2 Å². The maximum atomic E-state index is 10.4. The van der Waals surface area contributed by atoms with Crippen molar-refractivity contribution < 1.29 is 4.79 Å². The van der Waals surface area contributed by atoms with E-state index in [9.17, 15) is 4.79 Å².